The standard InChI is InChI=1S/C12H22F3N3O/c1-3-9(16)10(12(13,14)15)18-6-4-8(5-7-18)11(19)17-2/h8-10H,3-7,16H2,1-2H3,(H,17,19). The Bertz CT molecular complexity index is 301. The average molecular weight is 281 g/mol. The molecule has 1 aliphatic heterocycles. The summed E-state index contributed by atoms with van der Waals surface area (Å²) in [5.74, 6) is -0.281. The molecular formula is C12H22F3N3O. The van der Waals surface area contributed by atoms with E-state index in [0.29, 0.717) is 12.8 Å². The minimum absolute atomic E-state index is 0.0944. The number of carbonyl (C=O) groups excluding carboxylic acids is 1. The van der Waals surface area contributed by atoms with Crippen molar-refractivity contribution in [1.82, 2.24) is 10.2 Å². The Morgan fingerprint density at radius 2 is 1.95 bits per heavy atom. The first-order valence-corrected chi connectivity index (χ1v) is 6.59. The highest BCUT2D eigenvalue weighted by Crippen LogP contribution is 2.31. The Morgan fingerprint density at radius 1 is 1.42 bits per heavy atom. The van der Waals surface area contributed by atoms with Crippen LogP contribution in [0.5, 0.6) is 0 Å². The zero-order valence-electron chi connectivity index (χ0n) is 11.3. The number of nitrogens with two attached hydrogens (primary N) is 1. The predicted octanol–water partition coefficient (Wildman–Crippen LogP) is 1.11. The van der Waals surface area contributed by atoms with Crippen LogP contribution in [0, 0.1) is 5.92 Å². The van der Waals surface area contributed by atoms with Crippen molar-refractivity contribution < 1.29 is 18.0 Å². The third kappa shape index (κ3) is 4.07. The number of rotatable bonds is 4. The van der Waals surface area contributed by atoms with Gasteiger partial charge in [-0.15, -0.1) is 0 Å². The molecule has 2 atom stereocenters. The van der Waals surface area contributed by atoms with Crippen molar-refractivity contribution in [3.63, 3.8) is 0 Å². The van der Waals surface area contributed by atoms with E-state index in [1.54, 1.807) is 14.0 Å². The fourth-order valence-electron chi connectivity index (χ4n) is 2.59. The van der Waals surface area contributed by atoms with Gasteiger partial charge in [0.25, 0.3) is 0 Å². The smallest absolute Gasteiger partial charge is 0.359 e. The van der Waals surface area contributed by atoms with Crippen LogP contribution in [0.3, 0.4) is 0 Å². The van der Waals surface area contributed by atoms with Gasteiger partial charge in [0.2, 0.25) is 5.91 Å². The molecule has 0 aromatic rings. The molecule has 0 aromatic carbocycles. The molecular weight excluding hydrogens is 259 g/mol. The van der Waals surface area contributed by atoms with Crippen LogP contribution in [-0.4, -0.2) is 49.2 Å². The summed E-state index contributed by atoms with van der Waals surface area (Å²) in [6, 6.07) is -2.53. The van der Waals surface area contributed by atoms with Gasteiger partial charge >= 0.3 is 6.18 Å². The molecule has 1 heterocycles. The molecule has 1 rings (SSSR count). The van der Waals surface area contributed by atoms with Crippen molar-refractivity contribution in [3.8, 4) is 0 Å². The zero-order chi connectivity index (χ0) is 14.6. The van der Waals surface area contributed by atoms with Crippen molar-refractivity contribution in [3.05, 3.63) is 0 Å². The summed E-state index contributed by atoms with van der Waals surface area (Å²) in [4.78, 5) is 12.8. The average Bonchev–Trinajstić information content (AvgIpc) is 2.37. The third-order valence-corrected chi connectivity index (χ3v) is 3.75. The molecule has 0 spiro atoms. The van der Waals surface area contributed by atoms with E-state index in [4.69, 9.17) is 5.73 Å². The number of hydrogen-bond donors (Lipinski definition) is 2. The van der Waals surface area contributed by atoms with Crippen molar-refractivity contribution in [2.75, 3.05) is 20.1 Å². The van der Waals surface area contributed by atoms with Crippen LogP contribution >= 0.6 is 0 Å². The van der Waals surface area contributed by atoms with E-state index in [-0.39, 0.29) is 31.3 Å². The van der Waals surface area contributed by atoms with Crippen LogP contribution < -0.4 is 11.1 Å². The van der Waals surface area contributed by atoms with E-state index in [9.17, 15) is 18.0 Å². The first-order chi connectivity index (χ1) is 8.81. The number of piperidine rings is 1. The molecule has 0 bridgehead atoms. The van der Waals surface area contributed by atoms with E-state index in [1.807, 2.05) is 0 Å². The van der Waals surface area contributed by atoms with E-state index in [2.05, 4.69) is 5.32 Å². The third-order valence-electron chi connectivity index (χ3n) is 3.75. The minimum atomic E-state index is -4.32. The zero-order valence-corrected chi connectivity index (χ0v) is 11.3. The molecule has 1 aliphatic rings. The van der Waals surface area contributed by atoms with E-state index in [0.717, 1.165) is 0 Å². The highest BCUT2D eigenvalue weighted by molar-refractivity contribution is 5.78. The fraction of sp³-hybridized carbons (Fsp3) is 0.917. The second-order valence-electron chi connectivity index (χ2n) is 4.98. The summed E-state index contributed by atoms with van der Waals surface area (Å²) in [6.07, 6.45) is -3.15. The van der Waals surface area contributed by atoms with Crippen molar-refractivity contribution >= 4 is 5.91 Å². The SMILES string of the molecule is CCC(N)C(N1CCC(C(=O)NC)CC1)C(F)(F)F. The highest BCUT2D eigenvalue weighted by atomic mass is 19.4. The molecule has 3 N–H and O–H groups in total. The van der Waals surface area contributed by atoms with Gasteiger partial charge in [-0.3, -0.25) is 9.69 Å². The Balaban J connectivity index is 2.67. The molecule has 2 unspecified atom stereocenters. The maximum atomic E-state index is 13.1. The second-order valence-corrected chi connectivity index (χ2v) is 4.98. The van der Waals surface area contributed by atoms with Gasteiger partial charge in [0.15, 0.2) is 0 Å². The number of nitrogens with zero attached hydrogens (tertiary/aromatic N) is 1. The Hall–Kier alpha value is -0.820. The predicted molar refractivity (Wildman–Crippen MR) is 66.5 cm³/mol. The molecule has 0 aromatic heterocycles. The van der Waals surface area contributed by atoms with Gasteiger partial charge in [-0.2, -0.15) is 13.2 Å². The van der Waals surface area contributed by atoms with Crippen LogP contribution in [0.2, 0.25) is 0 Å². The van der Waals surface area contributed by atoms with Crippen LogP contribution in [0.15, 0.2) is 0 Å². The van der Waals surface area contributed by atoms with Gasteiger partial charge < -0.3 is 11.1 Å². The van der Waals surface area contributed by atoms with Gasteiger partial charge in [-0.05, 0) is 32.4 Å². The summed E-state index contributed by atoms with van der Waals surface area (Å²) in [5, 5.41) is 2.54. The summed E-state index contributed by atoms with van der Waals surface area (Å²) < 4.78 is 39.2. The second kappa shape index (κ2) is 6.56. The summed E-state index contributed by atoms with van der Waals surface area (Å²) in [7, 11) is 1.54. The van der Waals surface area contributed by atoms with Crippen LogP contribution in [0.1, 0.15) is 26.2 Å². The Kier molecular flexibility index (Phi) is 5.61. The van der Waals surface area contributed by atoms with Crippen molar-refractivity contribution in [2.45, 2.75) is 44.4 Å². The van der Waals surface area contributed by atoms with Crippen LogP contribution in [-0.2, 0) is 4.79 Å². The maximum absolute atomic E-state index is 13.1. The number of halogens is 3. The number of amides is 1. The minimum Gasteiger partial charge on any atom is -0.359 e. The Labute approximate surface area is 111 Å². The van der Waals surface area contributed by atoms with Gasteiger partial charge in [0, 0.05) is 19.0 Å². The van der Waals surface area contributed by atoms with E-state index in [1.165, 1.54) is 4.90 Å². The molecule has 0 aliphatic carbocycles. The number of hydrogen-bond acceptors (Lipinski definition) is 3. The maximum Gasteiger partial charge on any atom is 0.405 e. The summed E-state index contributed by atoms with van der Waals surface area (Å²) in [6.45, 7) is 2.17. The molecule has 19 heavy (non-hydrogen) atoms. The van der Waals surface area contributed by atoms with E-state index >= 15 is 0 Å². The molecule has 1 amide bonds. The van der Waals surface area contributed by atoms with Crippen LogP contribution in [0.4, 0.5) is 13.2 Å². The first kappa shape index (κ1) is 16.2. The lowest BCUT2D eigenvalue weighted by molar-refractivity contribution is -0.192. The molecule has 1 fully saturated rings. The fourth-order valence-corrected chi connectivity index (χ4v) is 2.59. The summed E-state index contributed by atoms with van der Waals surface area (Å²) >= 11 is 0. The monoisotopic (exact) mass is 281 g/mol. The van der Waals surface area contributed by atoms with Crippen molar-refractivity contribution in [2.24, 2.45) is 11.7 Å². The number of alkyl halides is 3. The number of likely N-dealkylation sites (tertiary alicyclic amines) is 1. The molecule has 1 saturated heterocycles. The quantitative estimate of drug-likeness (QED) is 0.811. The normalized spacial score (nSPS) is 22.0. The molecule has 4 nitrogen and oxygen atoms in total. The van der Waals surface area contributed by atoms with Gasteiger partial charge in [0.05, 0.1) is 0 Å². The van der Waals surface area contributed by atoms with Crippen LogP contribution in [0.25, 0.3) is 0 Å². The topological polar surface area (TPSA) is 58.4 Å². The largest absolute Gasteiger partial charge is 0.405 e. The molecule has 7 heteroatoms. The van der Waals surface area contributed by atoms with Gasteiger partial charge in [0.1, 0.15) is 6.04 Å². The lowest BCUT2D eigenvalue weighted by atomic mass is 9.93. The lowest BCUT2D eigenvalue weighted by Gasteiger charge is -2.40. The molecule has 112 valence electrons. The van der Waals surface area contributed by atoms with Crippen molar-refractivity contribution in [1.29, 1.82) is 0 Å². The number of carbonyl (C=O) groups is 1. The molecule has 0 saturated carbocycles. The van der Waals surface area contributed by atoms with Gasteiger partial charge in [-0.1, -0.05) is 6.92 Å². The first-order valence-electron chi connectivity index (χ1n) is 6.59. The summed E-state index contributed by atoms with van der Waals surface area (Å²) in [5.41, 5.74) is 5.61. The lowest BCUT2D eigenvalue weighted by Crippen LogP contribution is -2.58. The van der Waals surface area contributed by atoms with Gasteiger partial charge in [-0.25, -0.2) is 0 Å². The van der Waals surface area contributed by atoms with E-state index < -0.39 is 18.3 Å². The Morgan fingerprint density at radius 3 is 2.32 bits per heavy atom. The highest BCUT2D eigenvalue weighted by Gasteiger charge is 2.47. The number of nitrogens with one attached hydrogen (secondary N) is 1. The molecule has 0 radical (unpaired) electrons.